The maximum Gasteiger partial charge on any atom is 0.323 e. The highest BCUT2D eigenvalue weighted by Gasteiger charge is 2.32. The summed E-state index contributed by atoms with van der Waals surface area (Å²) in [5.41, 5.74) is 6.84. The molecule has 2 heterocycles. The van der Waals surface area contributed by atoms with Crippen molar-refractivity contribution in [3.05, 3.63) is 12.7 Å². The molecule has 5 N–H and O–H groups in total. The van der Waals surface area contributed by atoms with Gasteiger partial charge in [0.15, 0.2) is 11.5 Å². The number of imidazole rings is 1. The third-order valence-electron chi connectivity index (χ3n) is 5.42. The van der Waals surface area contributed by atoms with Gasteiger partial charge in [-0.3, -0.25) is 14.2 Å². The van der Waals surface area contributed by atoms with Crippen LogP contribution in [-0.4, -0.2) is 67.2 Å². The molecule has 4 atom stereocenters. The number of rotatable bonds is 13. The van der Waals surface area contributed by atoms with Crippen molar-refractivity contribution in [3.63, 3.8) is 0 Å². The lowest BCUT2D eigenvalue weighted by molar-refractivity contribution is -0.154. The first-order chi connectivity index (χ1) is 16.1. The quantitative estimate of drug-likeness (QED) is 0.231. The summed E-state index contributed by atoms with van der Waals surface area (Å²) in [6.45, 7) is 5.29. The summed E-state index contributed by atoms with van der Waals surface area (Å²) in [6, 6.07) is -1.49. The molecule has 3 unspecified atom stereocenters. The van der Waals surface area contributed by atoms with Crippen LogP contribution in [0.5, 0.6) is 0 Å². The molecule has 13 nitrogen and oxygen atoms in total. The van der Waals surface area contributed by atoms with Gasteiger partial charge < -0.3 is 24.9 Å². The number of carbonyl (C=O) groups is 2. The van der Waals surface area contributed by atoms with Crippen LogP contribution >= 0.6 is 7.44 Å². The van der Waals surface area contributed by atoms with E-state index in [-0.39, 0.29) is 24.7 Å². The van der Waals surface area contributed by atoms with Gasteiger partial charge in [0.05, 0.1) is 25.4 Å². The van der Waals surface area contributed by atoms with Crippen molar-refractivity contribution >= 4 is 36.4 Å². The summed E-state index contributed by atoms with van der Waals surface area (Å²) < 4.78 is 26.6. The predicted molar refractivity (Wildman–Crippen MR) is 124 cm³/mol. The van der Waals surface area contributed by atoms with Gasteiger partial charge in [0.2, 0.25) is 7.44 Å². The summed E-state index contributed by atoms with van der Waals surface area (Å²) in [5.74, 6) is -1.27. The number of nitrogens with zero attached hydrogens (tertiary/aromatic N) is 4. The van der Waals surface area contributed by atoms with Crippen molar-refractivity contribution < 1.29 is 28.7 Å². The molecule has 0 spiro atoms. The molecule has 0 aliphatic heterocycles. The Morgan fingerprint density at radius 1 is 1.26 bits per heavy atom. The fraction of sp³-hybridized carbons (Fsp3) is 0.650. The highest BCUT2D eigenvalue weighted by atomic mass is 31.2. The van der Waals surface area contributed by atoms with Crippen LogP contribution in [-0.2, 0) is 30.2 Å². The van der Waals surface area contributed by atoms with Gasteiger partial charge >= 0.3 is 11.9 Å². The van der Waals surface area contributed by atoms with E-state index in [2.05, 4.69) is 25.1 Å². The summed E-state index contributed by atoms with van der Waals surface area (Å²) in [4.78, 5) is 35.8. The van der Waals surface area contributed by atoms with E-state index in [0.717, 1.165) is 19.3 Å². The molecule has 0 aromatic carbocycles. The number of nitrogen functional groups attached to an aromatic ring is 1. The fourth-order valence-corrected chi connectivity index (χ4v) is 5.71. The van der Waals surface area contributed by atoms with Crippen LogP contribution < -0.4 is 15.9 Å². The molecular formula is C20H32N7O6P. The number of anilines is 1. The molecule has 2 aromatic rings. The largest absolute Gasteiger partial charge is 0.481 e. The molecule has 1 fully saturated rings. The Hall–Kier alpha value is -2.60. The number of nitrogens with one attached hydrogen (secondary N) is 2. The number of esters is 1. The topological polar surface area (TPSA) is 184 Å². The molecule has 0 bridgehead atoms. The van der Waals surface area contributed by atoms with Gasteiger partial charge in [-0.25, -0.2) is 25.1 Å². The monoisotopic (exact) mass is 497 g/mol. The Morgan fingerprint density at radius 3 is 2.65 bits per heavy atom. The maximum absolute atomic E-state index is 13.6. The maximum atomic E-state index is 13.6. The van der Waals surface area contributed by atoms with Crippen LogP contribution in [0, 0.1) is 0 Å². The number of aliphatic carboxylic acids is 1. The number of carbonyl (C=O) groups excluding carboxylic acids is 1. The number of ether oxygens (including phenoxy) is 2. The molecule has 3 rings (SSSR count). The highest BCUT2D eigenvalue weighted by molar-refractivity contribution is 7.59. The van der Waals surface area contributed by atoms with Gasteiger partial charge in [0.1, 0.15) is 30.3 Å². The normalized spacial score (nSPS) is 18.6. The van der Waals surface area contributed by atoms with Crippen molar-refractivity contribution in [3.8, 4) is 0 Å². The van der Waals surface area contributed by atoms with E-state index in [9.17, 15) is 14.2 Å². The molecular weight excluding hydrogens is 465 g/mol. The van der Waals surface area contributed by atoms with E-state index >= 15 is 0 Å². The second kappa shape index (κ2) is 11.2. The number of hydrogen-bond donors (Lipinski definition) is 4. The average molecular weight is 497 g/mol. The Bertz CT molecular complexity index is 1060. The number of carboxylic acids is 1. The first-order valence-corrected chi connectivity index (χ1v) is 13.1. The summed E-state index contributed by atoms with van der Waals surface area (Å²) in [7, 11) is -3.53. The molecule has 1 saturated carbocycles. The van der Waals surface area contributed by atoms with Gasteiger partial charge in [0, 0.05) is 6.04 Å². The van der Waals surface area contributed by atoms with Crippen molar-refractivity contribution in [2.24, 2.45) is 0 Å². The van der Waals surface area contributed by atoms with Crippen molar-refractivity contribution in [2.45, 2.75) is 77.3 Å². The van der Waals surface area contributed by atoms with Crippen LogP contribution in [0.2, 0.25) is 0 Å². The number of hydrogen-bond acceptors (Lipinski definition) is 9. The van der Waals surface area contributed by atoms with Crippen LogP contribution in [0.3, 0.4) is 0 Å². The molecule has 188 valence electrons. The van der Waals surface area contributed by atoms with Crippen LogP contribution in [0.1, 0.15) is 46.5 Å². The zero-order chi connectivity index (χ0) is 24.9. The van der Waals surface area contributed by atoms with E-state index in [0.29, 0.717) is 17.7 Å². The van der Waals surface area contributed by atoms with Crippen LogP contribution in [0.25, 0.3) is 11.2 Å². The SMILES string of the molecule is CC(Cn1cnc2c(N)ncnc21)OCP(=O)(NC(C)C(=O)OC1CCC1)N[C@H](C)CC(=O)O. The lowest BCUT2D eigenvalue weighted by atomic mass is 9.96. The van der Waals surface area contributed by atoms with E-state index < -0.39 is 37.6 Å². The molecule has 0 amide bonds. The van der Waals surface area contributed by atoms with E-state index in [1.807, 2.05) is 0 Å². The second-order valence-corrected chi connectivity index (χ2v) is 10.9. The first kappa shape index (κ1) is 26.0. The lowest BCUT2D eigenvalue weighted by Gasteiger charge is -2.30. The minimum atomic E-state index is -3.53. The molecule has 0 saturated heterocycles. The van der Waals surface area contributed by atoms with Gasteiger partial charge in [0.25, 0.3) is 0 Å². The van der Waals surface area contributed by atoms with Crippen molar-refractivity contribution in [2.75, 3.05) is 12.1 Å². The molecule has 34 heavy (non-hydrogen) atoms. The number of carboxylic acid groups (broad SMARTS) is 1. The number of aromatic nitrogens is 4. The summed E-state index contributed by atoms with van der Waals surface area (Å²) in [5, 5.41) is 14.7. The first-order valence-electron chi connectivity index (χ1n) is 11.2. The van der Waals surface area contributed by atoms with Gasteiger partial charge in [-0.2, -0.15) is 0 Å². The summed E-state index contributed by atoms with van der Waals surface area (Å²) >= 11 is 0. The smallest absolute Gasteiger partial charge is 0.323 e. The summed E-state index contributed by atoms with van der Waals surface area (Å²) in [6.07, 6.45) is 4.53. The van der Waals surface area contributed by atoms with E-state index in [1.54, 1.807) is 31.7 Å². The molecule has 0 radical (unpaired) electrons. The van der Waals surface area contributed by atoms with Gasteiger partial charge in [-0.1, -0.05) is 0 Å². The molecule has 14 heteroatoms. The lowest BCUT2D eigenvalue weighted by Crippen LogP contribution is -2.42. The minimum absolute atomic E-state index is 0.103. The Balaban J connectivity index is 1.64. The standard InChI is InChI=1S/C20H32N7O6P/c1-12(7-16(28)29)25-34(31,26-14(3)20(30)33-15-5-4-6-15)11-32-13(2)8-27-10-24-17-18(21)22-9-23-19(17)27/h9-10,12-15H,4-8,11H2,1-3H3,(H,28,29)(H2,21,22,23)(H2,25,26,31)/t12-,13?,14?,34?/m1/s1. The van der Waals surface area contributed by atoms with Gasteiger partial charge in [-0.05, 0) is 40.0 Å². The van der Waals surface area contributed by atoms with E-state index in [4.69, 9.17) is 20.3 Å². The average Bonchev–Trinajstić information content (AvgIpc) is 3.12. The predicted octanol–water partition coefficient (Wildman–Crippen LogP) is 1.49. The molecule has 1 aliphatic rings. The highest BCUT2D eigenvalue weighted by Crippen LogP contribution is 2.38. The van der Waals surface area contributed by atoms with Gasteiger partial charge in [-0.15, -0.1) is 0 Å². The zero-order valence-corrected chi connectivity index (χ0v) is 20.4. The Morgan fingerprint density at radius 2 is 2.00 bits per heavy atom. The molecule has 1 aliphatic carbocycles. The molecule has 2 aromatic heterocycles. The second-order valence-electron chi connectivity index (χ2n) is 8.64. The van der Waals surface area contributed by atoms with Crippen LogP contribution in [0.15, 0.2) is 12.7 Å². The number of fused-ring (bicyclic) bond motifs is 1. The Kier molecular flexibility index (Phi) is 8.58. The third kappa shape index (κ3) is 6.95. The minimum Gasteiger partial charge on any atom is -0.481 e. The van der Waals surface area contributed by atoms with E-state index in [1.165, 1.54) is 6.33 Å². The Labute approximate surface area is 197 Å². The van der Waals surface area contributed by atoms with Crippen molar-refractivity contribution in [1.82, 2.24) is 29.7 Å². The zero-order valence-electron chi connectivity index (χ0n) is 19.5. The van der Waals surface area contributed by atoms with Crippen molar-refractivity contribution in [1.29, 1.82) is 0 Å². The van der Waals surface area contributed by atoms with Crippen LogP contribution in [0.4, 0.5) is 5.82 Å². The third-order valence-corrected chi connectivity index (χ3v) is 7.60. The number of nitrogens with two attached hydrogens (primary N) is 1. The fourth-order valence-electron chi connectivity index (χ4n) is 3.49.